The van der Waals surface area contributed by atoms with Gasteiger partial charge < -0.3 is 5.32 Å². The van der Waals surface area contributed by atoms with E-state index in [1.54, 1.807) is 0 Å². The minimum atomic E-state index is 0.423. The molecule has 2 aromatic rings. The summed E-state index contributed by atoms with van der Waals surface area (Å²) in [7, 11) is 0. The van der Waals surface area contributed by atoms with E-state index in [-0.39, 0.29) is 0 Å². The molecule has 2 rings (SSSR count). The van der Waals surface area contributed by atoms with E-state index in [4.69, 9.17) is 0 Å². The molecule has 0 atom stereocenters. The van der Waals surface area contributed by atoms with Gasteiger partial charge in [-0.1, -0.05) is 18.2 Å². The van der Waals surface area contributed by atoms with Crippen LogP contribution in [0.3, 0.4) is 0 Å². The first-order valence-electron chi connectivity index (χ1n) is 5.55. The minimum Gasteiger partial charge on any atom is -0.380 e. The molecule has 0 bridgehead atoms. The minimum absolute atomic E-state index is 0.423. The molecule has 0 spiro atoms. The van der Waals surface area contributed by atoms with Crippen molar-refractivity contribution in [2.45, 2.75) is 26.8 Å². The van der Waals surface area contributed by atoms with Crippen molar-refractivity contribution in [3.8, 4) is 5.69 Å². The van der Waals surface area contributed by atoms with Crippen molar-refractivity contribution in [1.82, 2.24) is 9.78 Å². The smallest absolute Gasteiger partial charge is 0.0829 e. The van der Waals surface area contributed by atoms with Gasteiger partial charge in [-0.3, -0.25) is 0 Å². The average Bonchev–Trinajstić information content (AvgIpc) is 2.61. The van der Waals surface area contributed by atoms with Gasteiger partial charge in [0.05, 0.1) is 23.3 Å². The predicted octanol–water partition coefficient (Wildman–Crippen LogP) is 3.00. The zero-order valence-corrected chi connectivity index (χ0v) is 9.94. The lowest BCUT2D eigenvalue weighted by atomic mass is 10.3. The fourth-order valence-corrected chi connectivity index (χ4v) is 1.63. The van der Waals surface area contributed by atoms with E-state index in [1.165, 1.54) is 0 Å². The molecule has 0 saturated carbocycles. The quantitative estimate of drug-likeness (QED) is 0.853. The number of anilines is 1. The molecule has 0 radical (unpaired) electrons. The molecule has 1 aromatic carbocycles. The van der Waals surface area contributed by atoms with Crippen LogP contribution >= 0.6 is 0 Å². The lowest BCUT2D eigenvalue weighted by Crippen LogP contribution is -2.09. The van der Waals surface area contributed by atoms with Crippen LogP contribution in [0, 0.1) is 6.92 Å². The molecule has 1 heterocycles. The topological polar surface area (TPSA) is 29.9 Å². The van der Waals surface area contributed by atoms with E-state index in [0.717, 1.165) is 17.1 Å². The van der Waals surface area contributed by atoms with Gasteiger partial charge in [0.15, 0.2) is 0 Å². The molecular formula is C13H17N3. The van der Waals surface area contributed by atoms with Crippen LogP contribution in [0.5, 0.6) is 0 Å². The second-order valence-corrected chi connectivity index (χ2v) is 4.21. The molecule has 0 aliphatic rings. The summed E-state index contributed by atoms with van der Waals surface area (Å²) in [5, 5.41) is 7.87. The molecule has 1 N–H and O–H groups in total. The molecule has 0 aliphatic carbocycles. The van der Waals surface area contributed by atoms with Gasteiger partial charge in [-0.25, -0.2) is 4.68 Å². The Balaban J connectivity index is 2.31. The Morgan fingerprint density at radius 3 is 2.50 bits per heavy atom. The molecule has 0 saturated heterocycles. The lowest BCUT2D eigenvalue weighted by Gasteiger charge is -2.07. The third-order valence-electron chi connectivity index (χ3n) is 2.36. The zero-order valence-electron chi connectivity index (χ0n) is 9.94. The van der Waals surface area contributed by atoms with Gasteiger partial charge in [0, 0.05) is 6.04 Å². The molecule has 0 unspecified atom stereocenters. The largest absolute Gasteiger partial charge is 0.380 e. The molecule has 0 fully saturated rings. The summed E-state index contributed by atoms with van der Waals surface area (Å²) in [6.07, 6.45) is 2.03. The standard InChI is InChI=1S/C13H17N3/c1-10(2)14-13-9-16(15-11(13)3)12-7-5-4-6-8-12/h4-10,14H,1-3H3. The van der Waals surface area contributed by atoms with Crippen LogP contribution in [-0.2, 0) is 0 Å². The van der Waals surface area contributed by atoms with Gasteiger partial charge in [0.1, 0.15) is 0 Å². The number of hydrogen-bond acceptors (Lipinski definition) is 2. The first-order valence-corrected chi connectivity index (χ1v) is 5.55. The van der Waals surface area contributed by atoms with Crippen molar-refractivity contribution in [1.29, 1.82) is 0 Å². The zero-order chi connectivity index (χ0) is 11.5. The number of aryl methyl sites for hydroxylation is 1. The highest BCUT2D eigenvalue weighted by atomic mass is 15.3. The van der Waals surface area contributed by atoms with Crippen molar-refractivity contribution in [3.05, 3.63) is 42.2 Å². The van der Waals surface area contributed by atoms with Crippen LogP contribution in [0.15, 0.2) is 36.5 Å². The van der Waals surface area contributed by atoms with Crippen LogP contribution < -0.4 is 5.32 Å². The lowest BCUT2D eigenvalue weighted by molar-refractivity contribution is 0.863. The second-order valence-electron chi connectivity index (χ2n) is 4.21. The highest BCUT2D eigenvalue weighted by Crippen LogP contribution is 2.16. The van der Waals surface area contributed by atoms with Crippen LogP contribution in [0.4, 0.5) is 5.69 Å². The van der Waals surface area contributed by atoms with E-state index < -0.39 is 0 Å². The summed E-state index contributed by atoms with van der Waals surface area (Å²) in [6.45, 7) is 6.27. The maximum absolute atomic E-state index is 4.49. The van der Waals surface area contributed by atoms with Crippen molar-refractivity contribution < 1.29 is 0 Å². The molecule has 84 valence electrons. The summed E-state index contributed by atoms with van der Waals surface area (Å²) < 4.78 is 1.90. The summed E-state index contributed by atoms with van der Waals surface area (Å²) >= 11 is 0. The number of hydrogen-bond donors (Lipinski definition) is 1. The summed E-state index contributed by atoms with van der Waals surface area (Å²) in [5.41, 5.74) is 3.21. The summed E-state index contributed by atoms with van der Waals surface area (Å²) in [5.74, 6) is 0. The Bertz CT molecular complexity index is 457. The number of benzene rings is 1. The predicted molar refractivity (Wildman–Crippen MR) is 67.1 cm³/mol. The van der Waals surface area contributed by atoms with Crippen molar-refractivity contribution in [2.75, 3.05) is 5.32 Å². The van der Waals surface area contributed by atoms with Gasteiger partial charge in [0.2, 0.25) is 0 Å². The fraction of sp³-hybridized carbons (Fsp3) is 0.308. The third-order valence-corrected chi connectivity index (χ3v) is 2.36. The SMILES string of the molecule is Cc1nn(-c2ccccc2)cc1NC(C)C. The van der Waals surface area contributed by atoms with E-state index in [2.05, 4.69) is 24.3 Å². The molecular weight excluding hydrogens is 198 g/mol. The average molecular weight is 215 g/mol. The molecule has 3 nitrogen and oxygen atoms in total. The van der Waals surface area contributed by atoms with E-state index in [9.17, 15) is 0 Å². The van der Waals surface area contributed by atoms with Crippen molar-refractivity contribution >= 4 is 5.69 Å². The van der Waals surface area contributed by atoms with Gasteiger partial charge in [0.25, 0.3) is 0 Å². The van der Waals surface area contributed by atoms with Crippen LogP contribution in [0.1, 0.15) is 19.5 Å². The molecule has 0 aliphatic heterocycles. The van der Waals surface area contributed by atoms with Gasteiger partial charge >= 0.3 is 0 Å². The fourth-order valence-electron chi connectivity index (χ4n) is 1.63. The first-order chi connectivity index (χ1) is 7.66. The van der Waals surface area contributed by atoms with Crippen molar-refractivity contribution in [3.63, 3.8) is 0 Å². The molecule has 3 heteroatoms. The highest BCUT2D eigenvalue weighted by Gasteiger charge is 2.06. The van der Waals surface area contributed by atoms with E-state index in [0.29, 0.717) is 6.04 Å². The van der Waals surface area contributed by atoms with Gasteiger partial charge in [-0.05, 0) is 32.9 Å². The number of nitrogens with zero attached hydrogens (tertiary/aromatic N) is 2. The number of para-hydroxylation sites is 1. The van der Waals surface area contributed by atoms with Gasteiger partial charge in [-0.2, -0.15) is 5.10 Å². The van der Waals surface area contributed by atoms with E-state index in [1.807, 2.05) is 48.1 Å². The second kappa shape index (κ2) is 4.39. The van der Waals surface area contributed by atoms with Crippen LogP contribution in [0.25, 0.3) is 5.69 Å². The number of nitrogens with one attached hydrogen (secondary N) is 1. The number of rotatable bonds is 3. The Labute approximate surface area is 96.1 Å². The van der Waals surface area contributed by atoms with Crippen LogP contribution in [0.2, 0.25) is 0 Å². The highest BCUT2D eigenvalue weighted by molar-refractivity contribution is 5.48. The van der Waals surface area contributed by atoms with Crippen LogP contribution in [-0.4, -0.2) is 15.8 Å². The first kappa shape index (κ1) is 10.7. The normalized spacial score (nSPS) is 10.8. The molecule has 1 aromatic heterocycles. The maximum atomic E-state index is 4.49. The third kappa shape index (κ3) is 2.24. The van der Waals surface area contributed by atoms with E-state index >= 15 is 0 Å². The van der Waals surface area contributed by atoms with Crippen molar-refractivity contribution in [2.24, 2.45) is 0 Å². The van der Waals surface area contributed by atoms with Gasteiger partial charge in [-0.15, -0.1) is 0 Å². The molecule has 16 heavy (non-hydrogen) atoms. The monoisotopic (exact) mass is 215 g/mol. The summed E-state index contributed by atoms with van der Waals surface area (Å²) in [6, 6.07) is 10.6. The Hall–Kier alpha value is -1.77. The molecule has 0 amide bonds. The number of aromatic nitrogens is 2. The Morgan fingerprint density at radius 2 is 1.88 bits per heavy atom. The summed E-state index contributed by atoms with van der Waals surface area (Å²) in [4.78, 5) is 0. The maximum Gasteiger partial charge on any atom is 0.0829 e. The Morgan fingerprint density at radius 1 is 1.19 bits per heavy atom. The Kier molecular flexibility index (Phi) is 2.95.